The highest BCUT2D eigenvalue weighted by atomic mass is 79.9. The van der Waals surface area contributed by atoms with E-state index in [1.54, 1.807) is 0 Å². The van der Waals surface area contributed by atoms with Crippen LogP contribution in [0, 0.1) is 6.92 Å². The molecule has 23 heavy (non-hydrogen) atoms. The van der Waals surface area contributed by atoms with Gasteiger partial charge in [0.2, 0.25) is 0 Å². The van der Waals surface area contributed by atoms with E-state index in [4.69, 9.17) is 4.74 Å². The van der Waals surface area contributed by atoms with Crippen molar-refractivity contribution in [1.29, 1.82) is 0 Å². The first kappa shape index (κ1) is 18.1. The molecule has 0 aliphatic heterocycles. The lowest BCUT2D eigenvalue weighted by molar-refractivity contribution is 0.0492. The molecule has 1 aromatic carbocycles. The highest BCUT2D eigenvalue weighted by Crippen LogP contribution is 2.27. The molecule has 2 unspecified atom stereocenters. The second kappa shape index (κ2) is 7.56. The summed E-state index contributed by atoms with van der Waals surface area (Å²) in [5, 5.41) is 6.63. The van der Waals surface area contributed by atoms with Gasteiger partial charge < -0.3 is 15.4 Å². The van der Waals surface area contributed by atoms with E-state index < -0.39 is 5.60 Å². The molecule has 0 bridgehead atoms. The molecule has 0 saturated heterocycles. The summed E-state index contributed by atoms with van der Waals surface area (Å²) in [5.74, 6) is 0. The predicted octanol–water partition coefficient (Wildman–Crippen LogP) is 5.01. The van der Waals surface area contributed by atoms with Crippen LogP contribution in [0.15, 0.2) is 22.7 Å². The van der Waals surface area contributed by atoms with Gasteiger partial charge in [0.05, 0.1) is 0 Å². The summed E-state index contributed by atoms with van der Waals surface area (Å²) >= 11 is 3.57. The lowest BCUT2D eigenvalue weighted by Crippen LogP contribution is -2.43. The fraction of sp³-hybridized carbons (Fsp3) is 0.611. The summed E-state index contributed by atoms with van der Waals surface area (Å²) < 4.78 is 6.46. The lowest BCUT2D eigenvalue weighted by Gasteiger charge is -2.32. The van der Waals surface area contributed by atoms with E-state index in [0.29, 0.717) is 6.04 Å². The minimum Gasteiger partial charge on any atom is -0.444 e. The SMILES string of the molecule is Cc1c(Br)cccc1NC1CCCC(NC(=O)OC(C)(C)C)C1. The maximum absolute atomic E-state index is 11.9. The summed E-state index contributed by atoms with van der Waals surface area (Å²) in [6.45, 7) is 7.75. The summed E-state index contributed by atoms with van der Waals surface area (Å²) in [6, 6.07) is 6.73. The second-order valence-corrected chi connectivity index (χ2v) is 8.12. The Bertz CT molecular complexity index is 554. The van der Waals surface area contributed by atoms with Crippen molar-refractivity contribution in [2.75, 3.05) is 5.32 Å². The normalized spacial score (nSPS) is 21.6. The molecule has 0 radical (unpaired) electrons. The largest absolute Gasteiger partial charge is 0.444 e. The van der Waals surface area contributed by atoms with E-state index in [1.165, 1.54) is 5.56 Å². The van der Waals surface area contributed by atoms with Gasteiger partial charge in [0, 0.05) is 22.2 Å². The van der Waals surface area contributed by atoms with Crippen LogP contribution in [0.1, 0.15) is 52.0 Å². The van der Waals surface area contributed by atoms with Gasteiger partial charge >= 0.3 is 6.09 Å². The van der Waals surface area contributed by atoms with Crippen LogP contribution < -0.4 is 10.6 Å². The monoisotopic (exact) mass is 382 g/mol. The fourth-order valence-electron chi connectivity index (χ4n) is 2.91. The van der Waals surface area contributed by atoms with Gasteiger partial charge in [0.15, 0.2) is 0 Å². The van der Waals surface area contributed by atoms with Gasteiger partial charge in [-0.25, -0.2) is 4.79 Å². The number of benzene rings is 1. The molecule has 2 N–H and O–H groups in total. The fourth-order valence-corrected chi connectivity index (χ4v) is 3.28. The Labute approximate surface area is 147 Å². The molecule has 1 saturated carbocycles. The van der Waals surface area contributed by atoms with Gasteiger partial charge in [-0.15, -0.1) is 0 Å². The third kappa shape index (κ3) is 5.72. The third-order valence-corrected chi connectivity index (χ3v) is 4.88. The number of halogens is 1. The van der Waals surface area contributed by atoms with Crippen molar-refractivity contribution in [2.45, 2.75) is 71.1 Å². The van der Waals surface area contributed by atoms with E-state index >= 15 is 0 Å². The third-order valence-electron chi connectivity index (χ3n) is 4.02. The maximum atomic E-state index is 11.9. The number of nitrogens with one attached hydrogen (secondary N) is 2. The first-order chi connectivity index (χ1) is 10.7. The molecule has 1 aliphatic rings. The molecule has 5 heteroatoms. The number of anilines is 1. The molecule has 4 nitrogen and oxygen atoms in total. The molecule has 0 heterocycles. The summed E-state index contributed by atoms with van der Waals surface area (Å²) in [4.78, 5) is 11.9. The van der Waals surface area contributed by atoms with Crippen molar-refractivity contribution in [1.82, 2.24) is 5.32 Å². The summed E-state index contributed by atoms with van der Waals surface area (Å²) in [6.07, 6.45) is 3.84. The van der Waals surface area contributed by atoms with Crippen LogP contribution in [0.3, 0.4) is 0 Å². The van der Waals surface area contributed by atoms with E-state index in [2.05, 4.69) is 39.6 Å². The van der Waals surface area contributed by atoms with Gasteiger partial charge in [-0.3, -0.25) is 0 Å². The molecule has 2 rings (SSSR count). The Morgan fingerprint density at radius 2 is 1.96 bits per heavy atom. The minimum atomic E-state index is -0.455. The van der Waals surface area contributed by atoms with Crippen LogP contribution in [-0.2, 0) is 4.74 Å². The molecule has 2 atom stereocenters. The van der Waals surface area contributed by atoms with Crippen molar-refractivity contribution in [3.63, 3.8) is 0 Å². The second-order valence-electron chi connectivity index (χ2n) is 7.26. The van der Waals surface area contributed by atoms with Gasteiger partial charge in [-0.1, -0.05) is 22.0 Å². The number of rotatable bonds is 3. The van der Waals surface area contributed by atoms with Crippen molar-refractivity contribution < 1.29 is 9.53 Å². The van der Waals surface area contributed by atoms with Crippen molar-refractivity contribution in [3.8, 4) is 0 Å². The zero-order valence-corrected chi connectivity index (χ0v) is 16.0. The van der Waals surface area contributed by atoms with Crippen LogP contribution in [0.2, 0.25) is 0 Å². The molecule has 128 valence electrons. The summed E-state index contributed by atoms with van der Waals surface area (Å²) in [5.41, 5.74) is 1.92. The van der Waals surface area contributed by atoms with Gasteiger partial charge in [-0.2, -0.15) is 0 Å². The molecule has 0 aromatic heterocycles. The first-order valence-corrected chi connectivity index (χ1v) is 9.05. The van der Waals surface area contributed by atoms with E-state index in [-0.39, 0.29) is 12.1 Å². The average Bonchev–Trinajstić information content (AvgIpc) is 2.42. The molecular formula is C18H27BrN2O2. The zero-order chi connectivity index (χ0) is 17.0. The van der Waals surface area contributed by atoms with E-state index in [1.807, 2.05) is 32.9 Å². The topological polar surface area (TPSA) is 50.4 Å². The number of amides is 1. The molecule has 1 amide bonds. The van der Waals surface area contributed by atoms with E-state index in [0.717, 1.165) is 35.8 Å². The quantitative estimate of drug-likeness (QED) is 0.772. The average molecular weight is 383 g/mol. The number of hydrogen-bond acceptors (Lipinski definition) is 3. The van der Waals surface area contributed by atoms with Gasteiger partial charge in [-0.05, 0) is 71.1 Å². The Balaban J connectivity index is 1.91. The Morgan fingerprint density at radius 3 is 2.65 bits per heavy atom. The van der Waals surface area contributed by atoms with Crippen LogP contribution in [0.5, 0.6) is 0 Å². The van der Waals surface area contributed by atoms with Crippen LogP contribution in [0.4, 0.5) is 10.5 Å². The summed E-state index contributed by atoms with van der Waals surface area (Å²) in [7, 11) is 0. The van der Waals surface area contributed by atoms with Crippen LogP contribution in [0.25, 0.3) is 0 Å². The Kier molecular flexibility index (Phi) is 5.95. The minimum absolute atomic E-state index is 0.170. The highest BCUT2D eigenvalue weighted by Gasteiger charge is 2.25. The molecule has 1 aliphatic carbocycles. The lowest BCUT2D eigenvalue weighted by atomic mass is 9.90. The molecule has 0 spiro atoms. The van der Waals surface area contributed by atoms with Crippen LogP contribution >= 0.6 is 15.9 Å². The first-order valence-electron chi connectivity index (χ1n) is 8.26. The van der Waals surface area contributed by atoms with E-state index in [9.17, 15) is 4.79 Å². The van der Waals surface area contributed by atoms with Crippen LogP contribution in [-0.4, -0.2) is 23.8 Å². The predicted molar refractivity (Wildman–Crippen MR) is 97.9 cm³/mol. The standard InChI is InChI=1S/C18H27BrN2O2/c1-12-15(19)9-6-10-16(12)20-13-7-5-8-14(11-13)21-17(22)23-18(2,3)4/h6,9-10,13-14,20H,5,7-8,11H2,1-4H3,(H,21,22). The maximum Gasteiger partial charge on any atom is 0.407 e. The van der Waals surface area contributed by atoms with Gasteiger partial charge in [0.1, 0.15) is 5.60 Å². The smallest absolute Gasteiger partial charge is 0.407 e. The highest BCUT2D eigenvalue weighted by molar-refractivity contribution is 9.10. The molecule has 1 fully saturated rings. The van der Waals surface area contributed by atoms with Crippen molar-refractivity contribution >= 4 is 27.7 Å². The number of carbonyl (C=O) groups excluding carboxylic acids is 1. The van der Waals surface area contributed by atoms with Gasteiger partial charge in [0.25, 0.3) is 0 Å². The molecular weight excluding hydrogens is 356 g/mol. The Morgan fingerprint density at radius 1 is 1.26 bits per heavy atom. The number of alkyl carbamates (subject to hydrolysis) is 1. The number of carbonyl (C=O) groups is 1. The van der Waals surface area contributed by atoms with Crippen molar-refractivity contribution in [3.05, 3.63) is 28.2 Å². The zero-order valence-electron chi connectivity index (χ0n) is 14.4. The number of ether oxygens (including phenoxy) is 1. The Hall–Kier alpha value is -1.23. The van der Waals surface area contributed by atoms with Crippen molar-refractivity contribution in [2.24, 2.45) is 0 Å². The molecule has 1 aromatic rings. The number of hydrogen-bond donors (Lipinski definition) is 2.